The van der Waals surface area contributed by atoms with Gasteiger partial charge in [0.05, 0.1) is 12.1 Å². The van der Waals surface area contributed by atoms with Gasteiger partial charge in [0, 0.05) is 36.0 Å². The van der Waals surface area contributed by atoms with E-state index in [0.717, 1.165) is 34.3 Å². The molecular weight excluding hydrogens is 346 g/mol. The third-order valence-electron chi connectivity index (χ3n) is 3.79. The molecule has 22 heavy (non-hydrogen) atoms. The number of hydrogen-bond acceptors (Lipinski definition) is 4. The molecule has 0 bridgehead atoms. The summed E-state index contributed by atoms with van der Waals surface area (Å²) in [6, 6.07) is 10.2. The molecule has 1 aromatic heterocycles. The van der Waals surface area contributed by atoms with Crippen LogP contribution in [0.3, 0.4) is 0 Å². The number of carbonyl (C=O) groups excluding carboxylic acids is 1. The van der Waals surface area contributed by atoms with Crippen LogP contribution in [0.2, 0.25) is 0 Å². The third kappa shape index (κ3) is 3.02. The number of ether oxygens (including phenoxy) is 1. The van der Waals surface area contributed by atoms with Gasteiger partial charge in [-0.15, -0.1) is 0 Å². The van der Waals surface area contributed by atoms with Gasteiger partial charge in [-0.2, -0.15) is 0 Å². The number of para-hydroxylation sites is 1. The molecule has 1 aliphatic heterocycles. The molecule has 2 heterocycles. The van der Waals surface area contributed by atoms with Gasteiger partial charge in [-0.25, -0.2) is 9.78 Å². The highest BCUT2D eigenvalue weighted by atomic mass is 79.9. The normalized spacial score (nSPS) is 15.2. The van der Waals surface area contributed by atoms with E-state index in [9.17, 15) is 4.79 Å². The molecule has 0 aliphatic carbocycles. The fourth-order valence-corrected chi connectivity index (χ4v) is 3.08. The van der Waals surface area contributed by atoms with Crippen LogP contribution in [0, 0.1) is 0 Å². The Kier molecular flexibility index (Phi) is 4.47. The van der Waals surface area contributed by atoms with Gasteiger partial charge in [-0.3, -0.25) is 0 Å². The number of benzene rings is 1. The SMILES string of the molecule is CCOC(=O)N1CCN(c2ccc3cccc(Br)c3n2)CC1. The van der Waals surface area contributed by atoms with Crippen molar-refractivity contribution in [2.24, 2.45) is 0 Å². The van der Waals surface area contributed by atoms with Crippen molar-refractivity contribution >= 4 is 38.7 Å². The minimum absolute atomic E-state index is 0.226. The molecule has 1 amide bonds. The minimum atomic E-state index is -0.226. The Bertz CT molecular complexity index is 684. The first-order valence-electron chi connectivity index (χ1n) is 7.41. The largest absolute Gasteiger partial charge is 0.450 e. The number of aromatic nitrogens is 1. The number of piperazine rings is 1. The number of carbonyl (C=O) groups is 1. The van der Waals surface area contributed by atoms with Gasteiger partial charge in [-0.1, -0.05) is 12.1 Å². The standard InChI is InChI=1S/C16H18BrN3O2/c1-2-22-16(21)20-10-8-19(9-11-20)14-7-6-12-4-3-5-13(17)15(12)18-14/h3-7H,2,8-11H2,1H3. The van der Waals surface area contributed by atoms with E-state index in [4.69, 9.17) is 9.72 Å². The Labute approximate surface area is 138 Å². The predicted molar refractivity (Wildman–Crippen MR) is 90.3 cm³/mol. The van der Waals surface area contributed by atoms with Crippen molar-refractivity contribution in [1.82, 2.24) is 9.88 Å². The van der Waals surface area contributed by atoms with Crippen molar-refractivity contribution in [3.05, 3.63) is 34.8 Å². The number of halogens is 1. The first-order valence-corrected chi connectivity index (χ1v) is 8.20. The lowest BCUT2D eigenvalue weighted by atomic mass is 10.2. The monoisotopic (exact) mass is 363 g/mol. The van der Waals surface area contributed by atoms with Gasteiger partial charge in [0.15, 0.2) is 0 Å². The highest BCUT2D eigenvalue weighted by Crippen LogP contribution is 2.25. The van der Waals surface area contributed by atoms with Gasteiger partial charge in [0.2, 0.25) is 0 Å². The topological polar surface area (TPSA) is 45.7 Å². The van der Waals surface area contributed by atoms with Crippen LogP contribution in [-0.4, -0.2) is 48.8 Å². The molecule has 1 saturated heterocycles. The molecule has 1 aromatic carbocycles. The van der Waals surface area contributed by atoms with E-state index in [2.05, 4.69) is 33.0 Å². The zero-order valence-corrected chi connectivity index (χ0v) is 14.0. The molecule has 1 fully saturated rings. The lowest BCUT2D eigenvalue weighted by Gasteiger charge is -2.34. The van der Waals surface area contributed by atoms with E-state index in [1.165, 1.54) is 0 Å². The Morgan fingerprint density at radius 2 is 2.00 bits per heavy atom. The number of nitrogens with zero attached hydrogens (tertiary/aromatic N) is 3. The van der Waals surface area contributed by atoms with Crippen molar-refractivity contribution in [3.8, 4) is 0 Å². The Morgan fingerprint density at radius 1 is 1.23 bits per heavy atom. The smallest absolute Gasteiger partial charge is 0.409 e. The van der Waals surface area contributed by atoms with Crippen LogP contribution in [0.25, 0.3) is 10.9 Å². The fourth-order valence-electron chi connectivity index (χ4n) is 2.61. The van der Waals surface area contributed by atoms with Crippen molar-refractivity contribution in [2.75, 3.05) is 37.7 Å². The maximum Gasteiger partial charge on any atom is 0.409 e. The molecule has 116 valence electrons. The Hall–Kier alpha value is -1.82. The number of amides is 1. The predicted octanol–water partition coefficient (Wildman–Crippen LogP) is 3.28. The Balaban J connectivity index is 1.74. The molecule has 5 nitrogen and oxygen atoms in total. The van der Waals surface area contributed by atoms with E-state index in [1.54, 1.807) is 4.90 Å². The first kappa shape index (κ1) is 15.1. The maximum atomic E-state index is 11.7. The number of anilines is 1. The van der Waals surface area contributed by atoms with E-state index in [1.807, 2.05) is 25.1 Å². The van der Waals surface area contributed by atoms with Crippen LogP contribution in [0.15, 0.2) is 34.8 Å². The van der Waals surface area contributed by atoms with E-state index < -0.39 is 0 Å². The number of rotatable bonds is 2. The van der Waals surface area contributed by atoms with Crippen LogP contribution < -0.4 is 4.90 Å². The van der Waals surface area contributed by atoms with Crippen LogP contribution in [0.1, 0.15) is 6.92 Å². The van der Waals surface area contributed by atoms with Gasteiger partial charge in [-0.05, 0) is 41.1 Å². The summed E-state index contributed by atoms with van der Waals surface area (Å²) in [5, 5.41) is 1.11. The average Bonchev–Trinajstić information content (AvgIpc) is 2.55. The third-order valence-corrected chi connectivity index (χ3v) is 4.43. The molecule has 6 heteroatoms. The molecule has 0 atom stereocenters. The summed E-state index contributed by atoms with van der Waals surface area (Å²) < 4.78 is 6.04. The van der Waals surface area contributed by atoms with Crippen LogP contribution in [-0.2, 0) is 4.74 Å². The molecule has 0 spiro atoms. The number of fused-ring (bicyclic) bond motifs is 1. The summed E-state index contributed by atoms with van der Waals surface area (Å²) in [6.45, 7) is 5.09. The van der Waals surface area contributed by atoms with Crippen molar-refractivity contribution in [3.63, 3.8) is 0 Å². The Morgan fingerprint density at radius 3 is 2.73 bits per heavy atom. The van der Waals surface area contributed by atoms with Crippen molar-refractivity contribution < 1.29 is 9.53 Å². The zero-order chi connectivity index (χ0) is 15.5. The highest BCUT2D eigenvalue weighted by Gasteiger charge is 2.22. The van der Waals surface area contributed by atoms with Gasteiger partial charge >= 0.3 is 6.09 Å². The van der Waals surface area contributed by atoms with E-state index in [0.29, 0.717) is 19.7 Å². The molecule has 1 aliphatic rings. The van der Waals surface area contributed by atoms with Gasteiger partial charge < -0.3 is 14.5 Å². The average molecular weight is 364 g/mol. The maximum absolute atomic E-state index is 11.7. The van der Waals surface area contributed by atoms with Gasteiger partial charge in [0.25, 0.3) is 0 Å². The molecule has 3 rings (SSSR count). The van der Waals surface area contributed by atoms with Crippen molar-refractivity contribution in [1.29, 1.82) is 0 Å². The lowest BCUT2D eigenvalue weighted by molar-refractivity contribution is 0.105. The second-order valence-electron chi connectivity index (χ2n) is 5.15. The molecular formula is C16H18BrN3O2. The molecule has 0 saturated carbocycles. The highest BCUT2D eigenvalue weighted by molar-refractivity contribution is 9.10. The van der Waals surface area contributed by atoms with Crippen molar-refractivity contribution in [2.45, 2.75) is 6.92 Å². The second kappa shape index (κ2) is 6.52. The summed E-state index contributed by atoms with van der Waals surface area (Å²) in [6.07, 6.45) is -0.226. The lowest BCUT2D eigenvalue weighted by Crippen LogP contribution is -2.49. The number of hydrogen-bond donors (Lipinski definition) is 0. The second-order valence-corrected chi connectivity index (χ2v) is 6.01. The summed E-state index contributed by atoms with van der Waals surface area (Å²) >= 11 is 3.55. The zero-order valence-electron chi connectivity index (χ0n) is 12.5. The van der Waals surface area contributed by atoms with Crippen LogP contribution in [0.5, 0.6) is 0 Å². The number of pyridine rings is 1. The summed E-state index contributed by atoms with van der Waals surface area (Å²) in [4.78, 5) is 20.4. The van der Waals surface area contributed by atoms with E-state index in [-0.39, 0.29) is 6.09 Å². The molecule has 2 aromatic rings. The van der Waals surface area contributed by atoms with E-state index >= 15 is 0 Å². The summed E-state index contributed by atoms with van der Waals surface area (Å²) in [7, 11) is 0. The molecule has 0 unspecified atom stereocenters. The molecule has 0 radical (unpaired) electrons. The van der Waals surface area contributed by atoms with Crippen LogP contribution >= 0.6 is 15.9 Å². The molecule has 0 N–H and O–H groups in total. The summed E-state index contributed by atoms with van der Waals surface area (Å²) in [5.74, 6) is 0.947. The quantitative estimate of drug-likeness (QED) is 0.821. The first-order chi connectivity index (χ1) is 10.7. The minimum Gasteiger partial charge on any atom is -0.450 e. The van der Waals surface area contributed by atoms with Gasteiger partial charge in [0.1, 0.15) is 5.82 Å². The fraction of sp³-hybridized carbons (Fsp3) is 0.375. The van der Waals surface area contributed by atoms with Crippen LogP contribution in [0.4, 0.5) is 10.6 Å². The summed E-state index contributed by atoms with van der Waals surface area (Å²) in [5.41, 5.74) is 0.966.